The molecular formula is C23H20N2O2. The standard InChI is InChI=1S/C23H20N2O2/c26-22-20-15-19(12-11-16(20)13-14-24-22)25-23(27)21(17-7-3-1-4-8-17)18-9-5-2-6-10-18/h1-12,15,21H,13-14H2,(H,24,26)(H,25,27). The number of fused-ring (bicyclic) bond motifs is 1. The van der Waals surface area contributed by atoms with Crippen molar-refractivity contribution in [2.45, 2.75) is 12.3 Å². The van der Waals surface area contributed by atoms with Gasteiger partial charge in [0.25, 0.3) is 5.91 Å². The summed E-state index contributed by atoms with van der Waals surface area (Å²) in [5, 5.41) is 5.83. The first-order valence-corrected chi connectivity index (χ1v) is 9.04. The normalized spacial score (nSPS) is 13.0. The molecule has 0 radical (unpaired) electrons. The zero-order valence-corrected chi connectivity index (χ0v) is 14.8. The van der Waals surface area contributed by atoms with Crippen molar-refractivity contribution in [1.82, 2.24) is 5.32 Å². The van der Waals surface area contributed by atoms with Crippen LogP contribution in [-0.2, 0) is 11.2 Å². The molecule has 3 aromatic carbocycles. The molecule has 0 saturated carbocycles. The fraction of sp³-hybridized carbons (Fsp3) is 0.130. The summed E-state index contributed by atoms with van der Waals surface area (Å²) >= 11 is 0. The number of anilines is 1. The van der Waals surface area contributed by atoms with Crippen LogP contribution in [-0.4, -0.2) is 18.4 Å². The largest absolute Gasteiger partial charge is 0.352 e. The van der Waals surface area contributed by atoms with E-state index in [-0.39, 0.29) is 11.8 Å². The van der Waals surface area contributed by atoms with E-state index in [0.717, 1.165) is 23.1 Å². The van der Waals surface area contributed by atoms with E-state index in [1.165, 1.54) is 0 Å². The summed E-state index contributed by atoms with van der Waals surface area (Å²) in [6, 6.07) is 25.0. The van der Waals surface area contributed by atoms with E-state index in [2.05, 4.69) is 10.6 Å². The quantitative estimate of drug-likeness (QED) is 0.748. The first-order chi connectivity index (χ1) is 13.2. The van der Waals surface area contributed by atoms with Crippen LogP contribution in [0.5, 0.6) is 0 Å². The predicted octanol–water partition coefficient (Wildman–Crippen LogP) is 3.74. The van der Waals surface area contributed by atoms with E-state index < -0.39 is 5.92 Å². The molecule has 4 nitrogen and oxygen atoms in total. The molecule has 0 bridgehead atoms. The van der Waals surface area contributed by atoms with Crippen LogP contribution < -0.4 is 10.6 Å². The van der Waals surface area contributed by atoms with Gasteiger partial charge >= 0.3 is 0 Å². The molecule has 0 spiro atoms. The highest BCUT2D eigenvalue weighted by molar-refractivity contribution is 6.01. The third kappa shape index (κ3) is 3.60. The molecule has 134 valence electrons. The van der Waals surface area contributed by atoms with Crippen LogP contribution >= 0.6 is 0 Å². The van der Waals surface area contributed by atoms with Crippen molar-refractivity contribution < 1.29 is 9.59 Å². The predicted molar refractivity (Wildman–Crippen MR) is 106 cm³/mol. The van der Waals surface area contributed by atoms with Gasteiger partial charge in [0.05, 0.1) is 5.92 Å². The van der Waals surface area contributed by atoms with Gasteiger partial charge in [-0.05, 0) is 35.2 Å². The fourth-order valence-electron chi connectivity index (χ4n) is 3.49. The maximum Gasteiger partial charge on any atom is 0.251 e. The lowest BCUT2D eigenvalue weighted by molar-refractivity contribution is -0.116. The Kier molecular flexibility index (Phi) is 4.71. The van der Waals surface area contributed by atoms with E-state index in [1.54, 1.807) is 6.07 Å². The van der Waals surface area contributed by atoms with Crippen molar-refractivity contribution in [1.29, 1.82) is 0 Å². The van der Waals surface area contributed by atoms with Crippen molar-refractivity contribution >= 4 is 17.5 Å². The summed E-state index contributed by atoms with van der Waals surface area (Å²) in [7, 11) is 0. The zero-order valence-electron chi connectivity index (χ0n) is 14.8. The summed E-state index contributed by atoms with van der Waals surface area (Å²) in [4.78, 5) is 25.2. The van der Waals surface area contributed by atoms with Crippen LogP contribution in [0.25, 0.3) is 0 Å². The first-order valence-electron chi connectivity index (χ1n) is 9.04. The SMILES string of the molecule is O=C1NCCc2ccc(NC(=O)C(c3ccccc3)c3ccccc3)cc21. The second kappa shape index (κ2) is 7.46. The van der Waals surface area contributed by atoms with Crippen LogP contribution in [0.15, 0.2) is 78.9 Å². The van der Waals surface area contributed by atoms with Gasteiger partial charge in [0.15, 0.2) is 0 Å². The highest BCUT2D eigenvalue weighted by atomic mass is 16.2. The lowest BCUT2D eigenvalue weighted by atomic mass is 9.90. The molecule has 0 unspecified atom stereocenters. The minimum absolute atomic E-state index is 0.0879. The van der Waals surface area contributed by atoms with Crippen LogP contribution in [0.3, 0.4) is 0 Å². The maximum atomic E-state index is 13.2. The molecule has 1 heterocycles. The maximum absolute atomic E-state index is 13.2. The molecule has 0 saturated heterocycles. The van der Waals surface area contributed by atoms with Crippen molar-refractivity contribution in [2.75, 3.05) is 11.9 Å². The lowest BCUT2D eigenvalue weighted by Gasteiger charge is -2.20. The molecule has 3 aromatic rings. The number of hydrogen-bond donors (Lipinski definition) is 2. The average molecular weight is 356 g/mol. The monoisotopic (exact) mass is 356 g/mol. The number of amides is 2. The summed E-state index contributed by atoms with van der Waals surface area (Å²) in [6.45, 7) is 0.654. The van der Waals surface area contributed by atoms with Gasteiger partial charge in [0, 0.05) is 17.8 Å². The Bertz CT molecular complexity index is 929. The summed E-state index contributed by atoms with van der Waals surface area (Å²) < 4.78 is 0. The van der Waals surface area contributed by atoms with Crippen molar-refractivity contribution in [2.24, 2.45) is 0 Å². The molecule has 0 aromatic heterocycles. The molecule has 0 fully saturated rings. The topological polar surface area (TPSA) is 58.2 Å². The minimum atomic E-state index is -0.419. The Balaban J connectivity index is 1.65. The molecule has 1 aliphatic heterocycles. The molecule has 0 aliphatic carbocycles. The van der Waals surface area contributed by atoms with E-state index in [9.17, 15) is 9.59 Å². The Morgan fingerprint density at radius 2 is 1.52 bits per heavy atom. The van der Waals surface area contributed by atoms with Gasteiger partial charge in [-0.25, -0.2) is 0 Å². The smallest absolute Gasteiger partial charge is 0.251 e. The second-order valence-corrected chi connectivity index (χ2v) is 6.62. The van der Waals surface area contributed by atoms with E-state index in [1.807, 2.05) is 72.8 Å². The van der Waals surface area contributed by atoms with E-state index in [0.29, 0.717) is 17.8 Å². The van der Waals surface area contributed by atoms with Crippen LogP contribution in [0.4, 0.5) is 5.69 Å². The molecule has 27 heavy (non-hydrogen) atoms. The van der Waals surface area contributed by atoms with Crippen LogP contribution in [0.1, 0.15) is 33.0 Å². The number of hydrogen-bond acceptors (Lipinski definition) is 2. The number of rotatable bonds is 4. The third-order valence-corrected chi connectivity index (χ3v) is 4.83. The first kappa shape index (κ1) is 17.0. The highest BCUT2D eigenvalue weighted by Crippen LogP contribution is 2.27. The highest BCUT2D eigenvalue weighted by Gasteiger charge is 2.23. The zero-order chi connectivity index (χ0) is 18.6. The van der Waals surface area contributed by atoms with E-state index >= 15 is 0 Å². The number of carbonyl (C=O) groups excluding carboxylic acids is 2. The van der Waals surface area contributed by atoms with Gasteiger partial charge in [-0.2, -0.15) is 0 Å². The molecule has 4 rings (SSSR count). The van der Waals surface area contributed by atoms with E-state index in [4.69, 9.17) is 0 Å². The van der Waals surface area contributed by atoms with Gasteiger partial charge in [-0.1, -0.05) is 66.7 Å². The number of nitrogens with one attached hydrogen (secondary N) is 2. The number of benzene rings is 3. The molecule has 4 heteroatoms. The molecule has 0 atom stereocenters. The number of carbonyl (C=O) groups is 2. The summed E-state index contributed by atoms with van der Waals surface area (Å²) in [5.41, 5.74) is 4.14. The van der Waals surface area contributed by atoms with Gasteiger partial charge in [0.1, 0.15) is 0 Å². The molecule has 2 N–H and O–H groups in total. The fourth-order valence-corrected chi connectivity index (χ4v) is 3.49. The second-order valence-electron chi connectivity index (χ2n) is 6.62. The van der Waals surface area contributed by atoms with Gasteiger partial charge in [0.2, 0.25) is 5.91 Å². The Hall–Kier alpha value is -3.40. The van der Waals surface area contributed by atoms with Crippen LogP contribution in [0.2, 0.25) is 0 Å². The Morgan fingerprint density at radius 3 is 2.15 bits per heavy atom. The third-order valence-electron chi connectivity index (χ3n) is 4.83. The molecular weight excluding hydrogens is 336 g/mol. The van der Waals surface area contributed by atoms with Crippen LogP contribution in [0, 0.1) is 0 Å². The molecule has 2 amide bonds. The summed E-state index contributed by atoms with van der Waals surface area (Å²) in [6.07, 6.45) is 0.811. The van der Waals surface area contributed by atoms with Gasteiger partial charge in [-0.15, -0.1) is 0 Å². The molecule has 1 aliphatic rings. The van der Waals surface area contributed by atoms with Crippen molar-refractivity contribution in [3.05, 3.63) is 101 Å². The van der Waals surface area contributed by atoms with Gasteiger partial charge in [-0.3, -0.25) is 9.59 Å². The Morgan fingerprint density at radius 1 is 0.889 bits per heavy atom. The van der Waals surface area contributed by atoms with Crippen molar-refractivity contribution in [3.8, 4) is 0 Å². The van der Waals surface area contributed by atoms with Crippen molar-refractivity contribution in [3.63, 3.8) is 0 Å². The Labute approximate surface area is 158 Å². The van der Waals surface area contributed by atoms with Gasteiger partial charge < -0.3 is 10.6 Å². The average Bonchev–Trinajstić information content (AvgIpc) is 2.70. The summed E-state index contributed by atoms with van der Waals surface area (Å²) in [5.74, 6) is -0.629. The minimum Gasteiger partial charge on any atom is -0.352 e. The lowest BCUT2D eigenvalue weighted by Crippen LogP contribution is -2.32.